The molecule has 0 aromatic carbocycles. The smallest absolute Gasteiger partial charge is 0.246 e. The maximum Gasteiger partial charge on any atom is 0.246 e. The molecular weight excluding hydrogens is 282 g/mol. The summed E-state index contributed by atoms with van der Waals surface area (Å²) in [6, 6.07) is 0. The fraction of sp³-hybridized carbons (Fsp3) is 0.500. The van der Waals surface area contributed by atoms with Crippen LogP contribution in [0.15, 0.2) is 17.2 Å². The first-order valence-electron chi connectivity index (χ1n) is 7.38. The first-order valence-corrected chi connectivity index (χ1v) is 7.38. The number of rotatable bonds is 4. The lowest BCUT2D eigenvalue weighted by Gasteiger charge is -2.20. The molecule has 4 rings (SSSR count). The number of fused-ring (bicyclic) bond motifs is 1. The summed E-state index contributed by atoms with van der Waals surface area (Å²) in [5, 5.41) is 4.08. The van der Waals surface area contributed by atoms with E-state index in [1.807, 2.05) is 23.6 Å². The molecule has 1 aliphatic rings. The molecule has 0 radical (unpaired) electrons. The predicted octanol–water partition coefficient (Wildman–Crippen LogP) is 1.59. The standard InChI is InChI=1S/C14H17N7O/c1-20(2)13-11-14(16-7-15-13)21(8-17-11)6-10-18-12(19-22-10)9-4-3-5-9/h7-9H,3-6H2,1-2H3. The van der Waals surface area contributed by atoms with E-state index in [1.54, 1.807) is 12.7 Å². The van der Waals surface area contributed by atoms with Gasteiger partial charge in [-0.15, -0.1) is 0 Å². The summed E-state index contributed by atoms with van der Waals surface area (Å²) in [5.74, 6) is 2.68. The molecule has 22 heavy (non-hydrogen) atoms. The van der Waals surface area contributed by atoms with E-state index in [9.17, 15) is 0 Å². The number of aromatic nitrogens is 6. The first kappa shape index (κ1) is 13.2. The molecule has 8 heteroatoms. The van der Waals surface area contributed by atoms with Gasteiger partial charge in [-0.25, -0.2) is 15.0 Å². The van der Waals surface area contributed by atoms with Crippen LogP contribution in [0.3, 0.4) is 0 Å². The average Bonchev–Trinajstić information content (AvgIpc) is 3.05. The van der Waals surface area contributed by atoms with Gasteiger partial charge in [0.05, 0.1) is 6.33 Å². The lowest BCUT2D eigenvalue weighted by Crippen LogP contribution is -2.12. The van der Waals surface area contributed by atoms with Crippen LogP contribution in [-0.4, -0.2) is 43.8 Å². The predicted molar refractivity (Wildman–Crippen MR) is 79.6 cm³/mol. The Morgan fingerprint density at radius 2 is 2.14 bits per heavy atom. The lowest BCUT2D eigenvalue weighted by molar-refractivity contribution is 0.344. The van der Waals surface area contributed by atoms with E-state index in [2.05, 4.69) is 25.1 Å². The van der Waals surface area contributed by atoms with Crippen molar-refractivity contribution in [2.24, 2.45) is 0 Å². The topological polar surface area (TPSA) is 85.8 Å². The number of anilines is 1. The van der Waals surface area contributed by atoms with Crippen LogP contribution in [0, 0.1) is 0 Å². The highest BCUT2D eigenvalue weighted by molar-refractivity contribution is 5.82. The molecule has 1 saturated carbocycles. The van der Waals surface area contributed by atoms with E-state index in [1.165, 1.54) is 6.42 Å². The van der Waals surface area contributed by atoms with E-state index >= 15 is 0 Å². The summed E-state index contributed by atoms with van der Waals surface area (Å²) < 4.78 is 7.26. The van der Waals surface area contributed by atoms with Crippen LogP contribution in [0.4, 0.5) is 5.82 Å². The third kappa shape index (κ3) is 2.11. The summed E-state index contributed by atoms with van der Waals surface area (Å²) in [6.45, 7) is 0.472. The Labute approximate surface area is 127 Å². The van der Waals surface area contributed by atoms with E-state index < -0.39 is 0 Å². The minimum absolute atomic E-state index is 0.472. The SMILES string of the molecule is CN(C)c1ncnc2c1ncn2Cc1nc(C2CCC2)no1. The van der Waals surface area contributed by atoms with Crippen LogP contribution in [0.1, 0.15) is 36.9 Å². The second-order valence-corrected chi connectivity index (χ2v) is 5.81. The molecule has 0 saturated heterocycles. The third-order valence-electron chi connectivity index (χ3n) is 4.07. The fourth-order valence-electron chi connectivity index (χ4n) is 2.62. The van der Waals surface area contributed by atoms with Gasteiger partial charge in [0, 0.05) is 20.0 Å². The molecule has 1 aliphatic carbocycles. The maximum atomic E-state index is 5.36. The highest BCUT2D eigenvalue weighted by Gasteiger charge is 2.24. The molecule has 0 atom stereocenters. The van der Waals surface area contributed by atoms with Crippen molar-refractivity contribution in [1.82, 2.24) is 29.7 Å². The summed E-state index contributed by atoms with van der Waals surface area (Å²) >= 11 is 0. The Hall–Kier alpha value is -2.51. The first-order chi connectivity index (χ1) is 10.7. The van der Waals surface area contributed by atoms with Gasteiger partial charge in [-0.05, 0) is 12.8 Å². The largest absolute Gasteiger partial charge is 0.361 e. The molecule has 0 bridgehead atoms. The van der Waals surface area contributed by atoms with Crippen LogP contribution in [0.2, 0.25) is 0 Å². The zero-order valence-corrected chi connectivity index (χ0v) is 12.6. The maximum absolute atomic E-state index is 5.36. The Morgan fingerprint density at radius 3 is 2.86 bits per heavy atom. The molecule has 3 heterocycles. The quantitative estimate of drug-likeness (QED) is 0.723. The number of imidazole rings is 1. The average molecular weight is 299 g/mol. The monoisotopic (exact) mass is 299 g/mol. The van der Waals surface area contributed by atoms with E-state index in [4.69, 9.17) is 4.52 Å². The highest BCUT2D eigenvalue weighted by Crippen LogP contribution is 2.34. The molecule has 1 fully saturated rings. The Morgan fingerprint density at radius 1 is 1.27 bits per heavy atom. The van der Waals surface area contributed by atoms with Gasteiger partial charge in [0.2, 0.25) is 5.89 Å². The molecular formula is C14H17N7O. The van der Waals surface area contributed by atoms with E-state index in [-0.39, 0.29) is 0 Å². The summed E-state index contributed by atoms with van der Waals surface area (Å²) in [5.41, 5.74) is 1.54. The molecule has 0 unspecified atom stereocenters. The van der Waals surface area contributed by atoms with Crippen molar-refractivity contribution in [3.63, 3.8) is 0 Å². The van der Waals surface area contributed by atoms with Crippen molar-refractivity contribution in [2.75, 3.05) is 19.0 Å². The van der Waals surface area contributed by atoms with Gasteiger partial charge in [0.25, 0.3) is 0 Å². The van der Waals surface area contributed by atoms with Gasteiger partial charge in [-0.2, -0.15) is 4.98 Å². The highest BCUT2D eigenvalue weighted by atomic mass is 16.5. The van der Waals surface area contributed by atoms with Gasteiger partial charge in [0.1, 0.15) is 12.9 Å². The third-order valence-corrected chi connectivity index (χ3v) is 4.07. The second-order valence-electron chi connectivity index (χ2n) is 5.81. The summed E-state index contributed by atoms with van der Waals surface area (Å²) in [6.07, 6.45) is 6.85. The van der Waals surface area contributed by atoms with Crippen molar-refractivity contribution in [3.8, 4) is 0 Å². The van der Waals surface area contributed by atoms with Crippen molar-refractivity contribution in [2.45, 2.75) is 31.7 Å². The fourth-order valence-corrected chi connectivity index (χ4v) is 2.62. The van der Waals surface area contributed by atoms with Gasteiger partial charge in [0.15, 0.2) is 22.8 Å². The normalized spacial score (nSPS) is 15.2. The summed E-state index contributed by atoms with van der Waals surface area (Å²) in [7, 11) is 3.87. The molecule has 3 aromatic heterocycles. The van der Waals surface area contributed by atoms with Crippen LogP contribution < -0.4 is 4.90 Å². The number of hydrogen-bond donors (Lipinski definition) is 0. The molecule has 114 valence electrons. The van der Waals surface area contributed by atoms with E-state index in [0.29, 0.717) is 18.4 Å². The molecule has 0 aliphatic heterocycles. The van der Waals surface area contributed by atoms with Gasteiger partial charge in [-0.3, -0.25) is 0 Å². The minimum Gasteiger partial charge on any atom is -0.361 e. The van der Waals surface area contributed by atoms with Crippen molar-refractivity contribution >= 4 is 17.0 Å². The second kappa shape index (κ2) is 5.04. The van der Waals surface area contributed by atoms with Crippen molar-refractivity contribution in [1.29, 1.82) is 0 Å². The molecule has 0 N–H and O–H groups in total. The number of hydrogen-bond acceptors (Lipinski definition) is 7. The lowest BCUT2D eigenvalue weighted by atomic mass is 9.85. The van der Waals surface area contributed by atoms with Gasteiger partial charge >= 0.3 is 0 Å². The van der Waals surface area contributed by atoms with Crippen LogP contribution in [0.5, 0.6) is 0 Å². The molecule has 0 spiro atoms. The minimum atomic E-state index is 0.472. The van der Waals surface area contributed by atoms with Crippen molar-refractivity contribution < 1.29 is 4.52 Å². The molecule has 0 amide bonds. The zero-order chi connectivity index (χ0) is 15.1. The van der Waals surface area contributed by atoms with Crippen LogP contribution >= 0.6 is 0 Å². The van der Waals surface area contributed by atoms with Crippen LogP contribution in [-0.2, 0) is 6.54 Å². The number of nitrogens with zero attached hydrogens (tertiary/aromatic N) is 7. The zero-order valence-electron chi connectivity index (χ0n) is 12.6. The molecule has 3 aromatic rings. The summed E-state index contributed by atoms with van der Waals surface area (Å²) in [4.78, 5) is 19.4. The Bertz CT molecular complexity index is 802. The van der Waals surface area contributed by atoms with Gasteiger partial charge < -0.3 is 14.0 Å². The van der Waals surface area contributed by atoms with Crippen LogP contribution in [0.25, 0.3) is 11.2 Å². The van der Waals surface area contributed by atoms with E-state index in [0.717, 1.165) is 35.6 Å². The van der Waals surface area contributed by atoms with Crippen molar-refractivity contribution in [3.05, 3.63) is 24.4 Å². The molecule has 8 nitrogen and oxygen atoms in total. The van der Waals surface area contributed by atoms with Gasteiger partial charge in [-0.1, -0.05) is 11.6 Å². The Balaban J connectivity index is 1.64. The Kier molecular flexibility index (Phi) is 3.02.